The molecule has 3 heterocycles. The second-order valence-corrected chi connectivity index (χ2v) is 11.8. The highest BCUT2D eigenvalue weighted by Crippen LogP contribution is 2.27. The van der Waals surface area contributed by atoms with E-state index in [1.165, 1.54) is 30.5 Å². The van der Waals surface area contributed by atoms with Crippen molar-refractivity contribution in [2.75, 3.05) is 61.8 Å². The molecule has 41 heavy (non-hydrogen) atoms. The van der Waals surface area contributed by atoms with E-state index in [0.29, 0.717) is 30.8 Å². The maximum atomic E-state index is 13.5. The molecule has 0 unspecified atom stereocenters. The molecule has 3 aromatic rings. The van der Waals surface area contributed by atoms with Gasteiger partial charge in [-0.2, -0.15) is 4.98 Å². The third kappa shape index (κ3) is 6.82. The second kappa shape index (κ2) is 11.8. The van der Waals surface area contributed by atoms with Crippen LogP contribution < -0.4 is 15.5 Å². The molecule has 2 fully saturated rings. The van der Waals surface area contributed by atoms with Crippen LogP contribution in [0.2, 0.25) is 1.41 Å². The van der Waals surface area contributed by atoms with E-state index in [9.17, 15) is 14.0 Å². The summed E-state index contributed by atoms with van der Waals surface area (Å²) in [5.74, 6) is -0.362. The van der Waals surface area contributed by atoms with Gasteiger partial charge in [0.2, 0.25) is 11.9 Å². The van der Waals surface area contributed by atoms with Crippen molar-refractivity contribution >= 4 is 34.8 Å². The summed E-state index contributed by atoms with van der Waals surface area (Å²) >= 11 is 0. The maximum absolute atomic E-state index is 13.5. The molecule has 0 spiro atoms. The summed E-state index contributed by atoms with van der Waals surface area (Å²) in [4.78, 5) is 41.7. The van der Waals surface area contributed by atoms with Crippen molar-refractivity contribution in [1.82, 2.24) is 19.8 Å². The third-order valence-corrected chi connectivity index (χ3v) is 7.53. The van der Waals surface area contributed by atoms with Crippen molar-refractivity contribution in [2.45, 2.75) is 33.2 Å². The quantitative estimate of drug-likeness (QED) is 0.411. The zero-order valence-corrected chi connectivity index (χ0v) is 24.1. The van der Waals surface area contributed by atoms with E-state index in [4.69, 9.17) is 1.41 Å². The summed E-state index contributed by atoms with van der Waals surface area (Å²) in [6.45, 7) is 10.6. The Labute approximate surface area is 242 Å². The van der Waals surface area contributed by atoms with Gasteiger partial charge in [0.15, 0.2) is 7.20 Å². The average molecular weight is 561 g/mol. The van der Waals surface area contributed by atoms with Gasteiger partial charge in [0.25, 0.3) is 0 Å². The Morgan fingerprint density at radius 1 is 1.00 bits per heavy atom. The standard InChI is InChI=1S/C31H38FN7O2/c1-31(2,3)29(41)39-14-13-24(20-39)34-28-26(27(40)21-5-7-22(32)8-6-21)19-33-30(36-28)35-23-9-11-25(12-10-23)38-17-15-37(4)16-18-38/h5-12,19,24H,13-18,20H2,1-4H3,(H2,33,34,35,36)/t24-/m0/s1/i/hD. The molecule has 0 radical (unpaired) electrons. The molecule has 0 saturated carbocycles. The lowest BCUT2D eigenvalue weighted by molar-refractivity contribution is -0.138. The number of halogens is 1. The van der Waals surface area contributed by atoms with Gasteiger partial charge in [-0.3, -0.25) is 9.59 Å². The highest BCUT2D eigenvalue weighted by atomic mass is 19.1. The summed E-state index contributed by atoms with van der Waals surface area (Å²) in [6, 6.07) is 12.9. The number of nitrogens with zero attached hydrogens (tertiary/aromatic N) is 5. The first-order chi connectivity index (χ1) is 20.0. The number of likely N-dealkylation sites (N-methyl/N-ethyl adjacent to an activating group) is 1. The van der Waals surface area contributed by atoms with E-state index in [1.807, 2.05) is 49.9 Å². The van der Waals surface area contributed by atoms with Gasteiger partial charge >= 0.3 is 0 Å². The van der Waals surface area contributed by atoms with Crippen LogP contribution in [0.15, 0.2) is 54.7 Å². The number of aromatic nitrogens is 2. The summed E-state index contributed by atoms with van der Waals surface area (Å²) in [6.07, 6.45) is 2.09. The van der Waals surface area contributed by atoms with E-state index in [1.54, 1.807) is 0 Å². The topological polar surface area (TPSA) is 93.7 Å². The zero-order chi connectivity index (χ0) is 30.0. The highest BCUT2D eigenvalue weighted by molar-refractivity contribution is 6.11. The minimum absolute atomic E-state index is 0.0649. The summed E-state index contributed by atoms with van der Waals surface area (Å²) < 4.78 is 22.3. The number of piperazine rings is 1. The SMILES string of the molecule is [2H]N(c1ccc(N2CCN(C)CC2)cc1)c1ncc(C(=O)c2ccc(F)cc2)c(N[C@H]2CCN(C(=O)C(C)(C)C)C2)n1. The smallest absolute Gasteiger partial charge is 0.229 e. The number of hydrogen-bond donors (Lipinski definition) is 2. The maximum Gasteiger partial charge on any atom is 0.229 e. The Balaban J connectivity index is 1.39. The van der Waals surface area contributed by atoms with Crippen molar-refractivity contribution in [3.63, 3.8) is 0 Å². The predicted molar refractivity (Wildman–Crippen MR) is 159 cm³/mol. The van der Waals surface area contributed by atoms with Crippen LogP contribution in [-0.4, -0.2) is 83.8 Å². The lowest BCUT2D eigenvalue weighted by atomic mass is 9.95. The largest absolute Gasteiger partial charge is 0.369 e. The van der Waals surface area contributed by atoms with Crippen LogP contribution >= 0.6 is 0 Å². The fraction of sp³-hybridized carbons (Fsp3) is 0.419. The Bertz CT molecular complexity index is 1420. The fourth-order valence-electron chi connectivity index (χ4n) is 5.11. The molecule has 9 nitrogen and oxygen atoms in total. The van der Waals surface area contributed by atoms with Gasteiger partial charge in [0.1, 0.15) is 11.6 Å². The Kier molecular flexibility index (Phi) is 7.82. The van der Waals surface area contributed by atoms with Crippen LogP contribution in [0.4, 0.5) is 27.5 Å². The van der Waals surface area contributed by atoms with Crippen molar-refractivity contribution in [1.29, 1.82) is 0 Å². The zero-order valence-electron chi connectivity index (χ0n) is 25.1. The van der Waals surface area contributed by atoms with Crippen LogP contribution in [0, 0.1) is 11.2 Å². The number of likely N-dealkylation sites (tertiary alicyclic amines) is 1. The van der Waals surface area contributed by atoms with Crippen molar-refractivity contribution in [3.8, 4) is 0 Å². The molecule has 1 atom stereocenters. The van der Waals surface area contributed by atoms with Gasteiger partial charge in [0.05, 0.1) is 5.56 Å². The average Bonchev–Trinajstić information content (AvgIpc) is 3.44. The molecule has 2 aliphatic rings. The molecular formula is C31H38FN7O2. The molecule has 2 aliphatic heterocycles. The van der Waals surface area contributed by atoms with Crippen molar-refractivity contribution in [3.05, 3.63) is 71.7 Å². The normalized spacial score (nSPS) is 18.3. The van der Waals surface area contributed by atoms with Gasteiger partial charge in [-0.15, -0.1) is 0 Å². The molecule has 0 bridgehead atoms. The highest BCUT2D eigenvalue weighted by Gasteiger charge is 2.33. The monoisotopic (exact) mass is 560 g/mol. The van der Waals surface area contributed by atoms with Crippen molar-refractivity contribution in [2.24, 2.45) is 5.41 Å². The number of anilines is 4. The van der Waals surface area contributed by atoms with E-state index >= 15 is 0 Å². The molecule has 1 amide bonds. The van der Waals surface area contributed by atoms with E-state index in [0.717, 1.165) is 37.2 Å². The van der Waals surface area contributed by atoms with Crippen LogP contribution in [-0.2, 0) is 4.79 Å². The number of carbonyl (C=O) groups is 2. The van der Waals surface area contributed by atoms with Gasteiger partial charge in [-0.1, -0.05) is 20.8 Å². The first-order valence-corrected chi connectivity index (χ1v) is 14.1. The number of rotatable bonds is 7. The fourth-order valence-corrected chi connectivity index (χ4v) is 5.11. The molecule has 216 valence electrons. The Morgan fingerprint density at radius 2 is 1.68 bits per heavy atom. The summed E-state index contributed by atoms with van der Waals surface area (Å²) in [5.41, 5.74) is 1.70. The van der Waals surface area contributed by atoms with Crippen molar-refractivity contribution < 1.29 is 15.4 Å². The minimum Gasteiger partial charge on any atom is -0.369 e. The molecule has 5 rings (SSSR count). The number of ketones is 1. The number of carbonyl (C=O) groups excluding carboxylic acids is 2. The van der Waals surface area contributed by atoms with E-state index < -0.39 is 11.2 Å². The predicted octanol–water partition coefficient (Wildman–Crippen LogP) is 4.40. The number of benzene rings is 2. The summed E-state index contributed by atoms with van der Waals surface area (Å²) in [7, 11) is 2.12. The summed E-state index contributed by atoms with van der Waals surface area (Å²) in [5, 5.41) is 4.48. The minimum atomic E-state index is -0.494. The first-order valence-electron chi connectivity index (χ1n) is 14.5. The van der Waals surface area contributed by atoms with Gasteiger partial charge in [0, 0.05) is 73.9 Å². The molecular weight excluding hydrogens is 521 g/mol. The lowest BCUT2D eigenvalue weighted by Crippen LogP contribution is -2.44. The Morgan fingerprint density at radius 3 is 2.34 bits per heavy atom. The molecule has 10 heteroatoms. The number of hydrogen-bond acceptors (Lipinski definition) is 8. The van der Waals surface area contributed by atoms with Crippen LogP contribution in [0.25, 0.3) is 0 Å². The molecule has 0 aliphatic carbocycles. The third-order valence-electron chi connectivity index (χ3n) is 7.53. The molecule has 2 saturated heterocycles. The lowest BCUT2D eigenvalue weighted by Gasteiger charge is -2.34. The number of amides is 1. The van der Waals surface area contributed by atoms with Crippen LogP contribution in [0.1, 0.15) is 43.1 Å². The van der Waals surface area contributed by atoms with Crippen LogP contribution in [0.5, 0.6) is 0 Å². The van der Waals surface area contributed by atoms with Crippen LogP contribution in [0.3, 0.4) is 0 Å². The van der Waals surface area contributed by atoms with Gasteiger partial charge < -0.3 is 25.3 Å². The first kappa shape index (κ1) is 27.1. The second-order valence-electron chi connectivity index (χ2n) is 11.8. The van der Waals surface area contributed by atoms with Gasteiger partial charge in [-0.25, -0.2) is 9.37 Å². The number of nitrogens with one attached hydrogen (secondary N) is 2. The molecule has 1 aromatic heterocycles. The molecule has 2 aromatic carbocycles. The van der Waals surface area contributed by atoms with E-state index in [2.05, 4.69) is 32.1 Å². The Hall–Kier alpha value is -4.05. The van der Waals surface area contributed by atoms with E-state index in [-0.39, 0.29) is 35.1 Å². The van der Waals surface area contributed by atoms with Gasteiger partial charge in [-0.05, 0) is 62.0 Å². The molecule has 2 N–H and O–H groups in total.